The van der Waals surface area contributed by atoms with Crippen LogP contribution in [0.15, 0.2) is 41.3 Å². The van der Waals surface area contributed by atoms with E-state index in [1.807, 2.05) is 25.2 Å². The topological polar surface area (TPSA) is 76.7 Å². The molecule has 0 aromatic heterocycles. The first-order valence-corrected chi connectivity index (χ1v) is 10.6. The van der Waals surface area contributed by atoms with Gasteiger partial charge in [-0.25, -0.2) is 8.42 Å². The predicted octanol–water partition coefficient (Wildman–Crippen LogP) is 3.05. The second kappa shape index (κ2) is 7.55. The quantitative estimate of drug-likeness (QED) is 0.802. The molecule has 0 radical (unpaired) electrons. The second-order valence-corrected chi connectivity index (χ2v) is 8.52. The van der Waals surface area contributed by atoms with Gasteiger partial charge in [0.2, 0.25) is 10.0 Å². The lowest BCUT2D eigenvalue weighted by Gasteiger charge is -2.18. The summed E-state index contributed by atoms with van der Waals surface area (Å²) in [5.41, 5.74) is 1.37. The summed E-state index contributed by atoms with van der Waals surface area (Å²) in [7, 11) is -1.49. The molecule has 0 atom stereocenters. The van der Waals surface area contributed by atoms with Crippen molar-refractivity contribution in [1.29, 1.82) is 0 Å². The van der Waals surface area contributed by atoms with E-state index in [4.69, 9.17) is 9.47 Å². The first kappa shape index (κ1) is 17.9. The van der Waals surface area contributed by atoms with Gasteiger partial charge in [-0.1, -0.05) is 0 Å². The Kier molecular flexibility index (Phi) is 5.41. The van der Waals surface area contributed by atoms with E-state index in [1.165, 1.54) is 0 Å². The highest BCUT2D eigenvalue weighted by Gasteiger charge is 2.13. The summed E-state index contributed by atoms with van der Waals surface area (Å²) in [6.45, 7) is 1.27. The molecule has 8 heteroatoms. The van der Waals surface area contributed by atoms with Crippen LogP contribution in [-0.4, -0.2) is 34.1 Å². The minimum Gasteiger partial charge on any atom is -0.492 e. The van der Waals surface area contributed by atoms with Crippen LogP contribution in [0.5, 0.6) is 17.2 Å². The highest BCUT2D eigenvalue weighted by molar-refractivity contribution is 7.99. The molecule has 0 unspecified atom stereocenters. The highest BCUT2D eigenvalue weighted by Crippen LogP contribution is 2.37. The lowest BCUT2D eigenvalue weighted by molar-refractivity contribution is 0.329. The van der Waals surface area contributed by atoms with Crippen LogP contribution in [-0.2, 0) is 16.6 Å². The number of benzene rings is 2. The average molecular weight is 380 g/mol. The maximum absolute atomic E-state index is 11.4. The third-order valence-corrected chi connectivity index (χ3v) is 5.08. The zero-order valence-electron chi connectivity index (χ0n) is 14.0. The summed E-state index contributed by atoms with van der Waals surface area (Å²) in [5.74, 6) is 3.20. The zero-order chi connectivity index (χ0) is 17.9. The molecule has 0 fully saturated rings. The normalized spacial score (nSPS) is 13.7. The maximum Gasteiger partial charge on any atom is 0.229 e. The SMILES string of the molecule is CNCc1cc(NS(C)(=O)=O)ccc1Oc1ccc2c(c1)SCCO2. The molecule has 2 aromatic carbocycles. The summed E-state index contributed by atoms with van der Waals surface area (Å²) >= 11 is 1.74. The molecular formula is C17H20N2O4S2. The summed E-state index contributed by atoms with van der Waals surface area (Å²) in [6.07, 6.45) is 1.13. The van der Waals surface area contributed by atoms with E-state index in [0.717, 1.165) is 40.6 Å². The van der Waals surface area contributed by atoms with Gasteiger partial charge in [0.05, 0.1) is 17.8 Å². The van der Waals surface area contributed by atoms with Gasteiger partial charge in [0.15, 0.2) is 0 Å². The number of ether oxygens (including phenoxy) is 2. The van der Waals surface area contributed by atoms with Crippen LogP contribution < -0.4 is 19.5 Å². The number of anilines is 1. The molecule has 1 aliphatic rings. The van der Waals surface area contributed by atoms with Crippen LogP contribution in [0.3, 0.4) is 0 Å². The van der Waals surface area contributed by atoms with Gasteiger partial charge in [-0.2, -0.15) is 0 Å². The standard InChI is InChI=1S/C17H20N2O4S2/c1-18-11-12-9-13(19-25(2,20)21)3-5-15(12)23-14-4-6-16-17(10-14)24-8-7-22-16/h3-6,9-10,18-19H,7-8,11H2,1-2H3. The highest BCUT2D eigenvalue weighted by atomic mass is 32.2. The van der Waals surface area contributed by atoms with Gasteiger partial charge in [0, 0.05) is 23.5 Å². The van der Waals surface area contributed by atoms with Crippen molar-refractivity contribution >= 4 is 27.5 Å². The fourth-order valence-corrected chi connectivity index (χ4v) is 3.91. The minimum atomic E-state index is -3.32. The molecule has 6 nitrogen and oxygen atoms in total. The summed E-state index contributed by atoms with van der Waals surface area (Å²) in [6, 6.07) is 11.0. The number of fused-ring (bicyclic) bond motifs is 1. The van der Waals surface area contributed by atoms with Crippen molar-refractivity contribution in [3.8, 4) is 17.2 Å². The largest absolute Gasteiger partial charge is 0.492 e. The van der Waals surface area contributed by atoms with Crippen molar-refractivity contribution in [1.82, 2.24) is 5.32 Å². The molecule has 0 saturated heterocycles. The van der Waals surface area contributed by atoms with Gasteiger partial charge >= 0.3 is 0 Å². The molecule has 2 N–H and O–H groups in total. The van der Waals surface area contributed by atoms with Gasteiger partial charge < -0.3 is 14.8 Å². The van der Waals surface area contributed by atoms with Crippen LogP contribution >= 0.6 is 11.8 Å². The Morgan fingerprint density at radius 3 is 2.84 bits per heavy atom. The summed E-state index contributed by atoms with van der Waals surface area (Å²) < 4.78 is 36.9. The summed E-state index contributed by atoms with van der Waals surface area (Å²) in [5, 5.41) is 3.07. The number of rotatable bonds is 6. The third kappa shape index (κ3) is 4.81. The average Bonchev–Trinajstić information content (AvgIpc) is 2.56. The minimum absolute atomic E-state index is 0.509. The van der Waals surface area contributed by atoms with Crippen molar-refractivity contribution in [3.05, 3.63) is 42.0 Å². The maximum atomic E-state index is 11.4. The molecular weight excluding hydrogens is 360 g/mol. The van der Waals surface area contributed by atoms with Gasteiger partial charge in [0.25, 0.3) is 0 Å². The van der Waals surface area contributed by atoms with Crippen LogP contribution in [0.4, 0.5) is 5.69 Å². The Morgan fingerprint density at radius 2 is 2.08 bits per heavy atom. The molecule has 0 saturated carbocycles. The number of sulfonamides is 1. The van der Waals surface area contributed by atoms with Crippen molar-refractivity contribution in [2.45, 2.75) is 11.4 Å². The van der Waals surface area contributed by atoms with Gasteiger partial charge in [-0.3, -0.25) is 4.72 Å². The van der Waals surface area contributed by atoms with Crippen molar-refractivity contribution in [2.24, 2.45) is 0 Å². The van der Waals surface area contributed by atoms with Crippen molar-refractivity contribution < 1.29 is 17.9 Å². The molecule has 0 amide bonds. The van der Waals surface area contributed by atoms with E-state index in [0.29, 0.717) is 18.0 Å². The predicted molar refractivity (Wildman–Crippen MR) is 100 cm³/mol. The van der Waals surface area contributed by atoms with Crippen molar-refractivity contribution in [2.75, 3.05) is 30.4 Å². The van der Waals surface area contributed by atoms with E-state index >= 15 is 0 Å². The van der Waals surface area contributed by atoms with Crippen LogP contribution in [0.1, 0.15) is 5.56 Å². The lowest BCUT2D eigenvalue weighted by atomic mass is 10.1. The molecule has 0 spiro atoms. The molecule has 3 rings (SSSR count). The molecule has 1 heterocycles. The zero-order valence-corrected chi connectivity index (χ0v) is 15.7. The monoisotopic (exact) mass is 380 g/mol. The van der Waals surface area contributed by atoms with Crippen molar-refractivity contribution in [3.63, 3.8) is 0 Å². The molecule has 0 bridgehead atoms. The fraction of sp³-hybridized carbons (Fsp3) is 0.294. The Bertz CT molecular complexity index is 869. The Balaban J connectivity index is 1.86. The number of thioether (sulfide) groups is 1. The first-order chi connectivity index (χ1) is 11.9. The van der Waals surface area contributed by atoms with Crippen LogP contribution in [0, 0.1) is 0 Å². The molecule has 0 aliphatic carbocycles. The molecule has 134 valence electrons. The van der Waals surface area contributed by atoms with Gasteiger partial charge in [-0.15, -0.1) is 11.8 Å². The first-order valence-electron chi connectivity index (χ1n) is 7.77. The van der Waals surface area contributed by atoms with E-state index in [-0.39, 0.29) is 0 Å². The lowest BCUT2D eigenvalue weighted by Crippen LogP contribution is -2.11. The Morgan fingerprint density at radius 1 is 1.24 bits per heavy atom. The molecule has 25 heavy (non-hydrogen) atoms. The van der Waals surface area contributed by atoms with E-state index in [1.54, 1.807) is 30.0 Å². The van der Waals surface area contributed by atoms with E-state index in [2.05, 4.69) is 10.0 Å². The van der Waals surface area contributed by atoms with Gasteiger partial charge in [-0.05, 0) is 43.4 Å². The number of nitrogens with one attached hydrogen (secondary N) is 2. The molecule has 1 aliphatic heterocycles. The van der Waals surface area contributed by atoms with Gasteiger partial charge in [0.1, 0.15) is 17.2 Å². The Labute approximate surface area is 152 Å². The molecule has 2 aromatic rings. The Hall–Kier alpha value is -1.90. The second-order valence-electron chi connectivity index (χ2n) is 5.63. The fourth-order valence-electron chi connectivity index (χ4n) is 2.50. The van der Waals surface area contributed by atoms with E-state index < -0.39 is 10.0 Å². The van der Waals surface area contributed by atoms with Crippen LogP contribution in [0.25, 0.3) is 0 Å². The number of hydrogen-bond donors (Lipinski definition) is 2. The third-order valence-electron chi connectivity index (χ3n) is 3.47. The smallest absolute Gasteiger partial charge is 0.229 e. The van der Waals surface area contributed by atoms with Crippen LogP contribution in [0.2, 0.25) is 0 Å². The summed E-state index contributed by atoms with van der Waals surface area (Å²) in [4.78, 5) is 1.06. The van der Waals surface area contributed by atoms with E-state index in [9.17, 15) is 8.42 Å². The number of hydrogen-bond acceptors (Lipinski definition) is 6.